The zero-order valence-corrected chi connectivity index (χ0v) is 8.20. The number of fused-ring (bicyclic) bond motifs is 1. The van der Waals surface area contributed by atoms with E-state index in [9.17, 15) is 0 Å². The second-order valence-corrected chi connectivity index (χ2v) is 3.92. The van der Waals surface area contributed by atoms with Gasteiger partial charge in [0.15, 0.2) is 0 Å². The van der Waals surface area contributed by atoms with Crippen LogP contribution in [0.15, 0.2) is 36.5 Å². The van der Waals surface area contributed by atoms with Crippen LogP contribution < -0.4 is 0 Å². The van der Waals surface area contributed by atoms with Gasteiger partial charge in [0.1, 0.15) is 0 Å². The zero-order chi connectivity index (χ0) is 9.26. The van der Waals surface area contributed by atoms with Crippen LogP contribution in [-0.2, 0) is 6.54 Å². The van der Waals surface area contributed by atoms with Gasteiger partial charge in [0, 0.05) is 18.3 Å². The predicted molar refractivity (Wildman–Crippen MR) is 56.8 cm³/mol. The van der Waals surface area contributed by atoms with Crippen LogP contribution in [0.5, 0.6) is 0 Å². The molecule has 0 unspecified atom stereocenters. The van der Waals surface area contributed by atoms with E-state index >= 15 is 0 Å². The summed E-state index contributed by atoms with van der Waals surface area (Å²) in [6.07, 6.45) is 2.17. The quantitative estimate of drug-likeness (QED) is 0.656. The molecule has 0 fully saturated rings. The number of aromatic nitrogens is 1. The SMILES string of the molecule is CC(C)Cn1ccc2ccccc21. The maximum absolute atomic E-state index is 2.32. The van der Waals surface area contributed by atoms with Crippen LogP contribution in [0.4, 0.5) is 0 Å². The lowest BCUT2D eigenvalue weighted by Crippen LogP contribution is -2.02. The summed E-state index contributed by atoms with van der Waals surface area (Å²) in [6, 6.07) is 10.7. The largest absolute Gasteiger partial charge is 0.347 e. The Bertz CT molecular complexity index is 398. The molecule has 13 heavy (non-hydrogen) atoms. The molecule has 0 amide bonds. The molecule has 0 atom stereocenters. The topological polar surface area (TPSA) is 4.93 Å². The summed E-state index contributed by atoms with van der Waals surface area (Å²) < 4.78 is 2.32. The Morgan fingerprint density at radius 1 is 1.15 bits per heavy atom. The first-order valence-electron chi connectivity index (χ1n) is 4.81. The van der Waals surface area contributed by atoms with Gasteiger partial charge in [-0.3, -0.25) is 0 Å². The second-order valence-electron chi connectivity index (χ2n) is 3.92. The molecule has 0 saturated carbocycles. The van der Waals surface area contributed by atoms with Crippen molar-refractivity contribution in [2.75, 3.05) is 0 Å². The first-order chi connectivity index (χ1) is 6.27. The Balaban J connectivity index is 2.46. The van der Waals surface area contributed by atoms with Crippen LogP contribution in [0.2, 0.25) is 0 Å². The fourth-order valence-corrected chi connectivity index (χ4v) is 1.69. The molecule has 0 bridgehead atoms. The maximum atomic E-state index is 2.32. The van der Waals surface area contributed by atoms with Gasteiger partial charge in [-0.2, -0.15) is 0 Å². The monoisotopic (exact) mass is 173 g/mol. The third kappa shape index (κ3) is 1.59. The van der Waals surface area contributed by atoms with E-state index in [1.54, 1.807) is 0 Å². The van der Waals surface area contributed by atoms with Gasteiger partial charge in [0.25, 0.3) is 0 Å². The second kappa shape index (κ2) is 3.25. The Labute approximate surface area is 79.0 Å². The molecule has 0 aliphatic heterocycles. The first kappa shape index (κ1) is 8.36. The van der Waals surface area contributed by atoms with Crippen LogP contribution in [-0.4, -0.2) is 4.57 Å². The molecule has 1 heteroatoms. The highest BCUT2D eigenvalue weighted by atomic mass is 15.0. The molecule has 1 aromatic heterocycles. The summed E-state index contributed by atoms with van der Waals surface area (Å²) in [7, 11) is 0. The Kier molecular flexibility index (Phi) is 2.09. The minimum absolute atomic E-state index is 0.704. The van der Waals surface area contributed by atoms with E-state index in [1.165, 1.54) is 10.9 Å². The van der Waals surface area contributed by atoms with Gasteiger partial charge in [-0.15, -0.1) is 0 Å². The molecule has 2 rings (SSSR count). The molecule has 0 saturated heterocycles. The van der Waals surface area contributed by atoms with E-state index in [-0.39, 0.29) is 0 Å². The van der Waals surface area contributed by atoms with E-state index < -0.39 is 0 Å². The maximum Gasteiger partial charge on any atom is 0.0480 e. The van der Waals surface area contributed by atoms with Crippen molar-refractivity contribution in [1.82, 2.24) is 4.57 Å². The fourth-order valence-electron chi connectivity index (χ4n) is 1.69. The van der Waals surface area contributed by atoms with Crippen LogP contribution in [0.1, 0.15) is 13.8 Å². The van der Waals surface area contributed by atoms with E-state index in [1.807, 2.05) is 0 Å². The number of hydrogen-bond donors (Lipinski definition) is 0. The number of para-hydroxylation sites is 1. The van der Waals surface area contributed by atoms with Gasteiger partial charge < -0.3 is 4.57 Å². The summed E-state index contributed by atoms with van der Waals surface area (Å²) in [6.45, 7) is 5.59. The zero-order valence-electron chi connectivity index (χ0n) is 8.20. The van der Waals surface area contributed by atoms with E-state index in [4.69, 9.17) is 0 Å². The number of benzene rings is 1. The standard InChI is InChI=1S/C12H15N/c1-10(2)9-13-8-7-11-5-3-4-6-12(11)13/h3-8,10H,9H2,1-2H3. The minimum Gasteiger partial charge on any atom is -0.347 e. The van der Waals surface area contributed by atoms with Crippen molar-refractivity contribution in [2.24, 2.45) is 5.92 Å². The third-order valence-electron chi connectivity index (χ3n) is 2.24. The number of nitrogens with zero attached hydrogens (tertiary/aromatic N) is 1. The Morgan fingerprint density at radius 2 is 1.92 bits per heavy atom. The van der Waals surface area contributed by atoms with Crippen molar-refractivity contribution in [3.05, 3.63) is 36.5 Å². The molecule has 0 N–H and O–H groups in total. The molecule has 1 nitrogen and oxygen atoms in total. The first-order valence-corrected chi connectivity index (χ1v) is 4.81. The lowest BCUT2D eigenvalue weighted by Gasteiger charge is -2.07. The van der Waals surface area contributed by atoms with Crippen LogP contribution in [0.3, 0.4) is 0 Å². The fraction of sp³-hybridized carbons (Fsp3) is 0.333. The average Bonchev–Trinajstić information content (AvgIpc) is 2.48. The molecule has 1 heterocycles. The molecule has 1 aromatic carbocycles. The van der Waals surface area contributed by atoms with Crippen molar-refractivity contribution in [3.63, 3.8) is 0 Å². The van der Waals surface area contributed by atoms with Gasteiger partial charge in [-0.05, 0) is 23.4 Å². The van der Waals surface area contributed by atoms with Gasteiger partial charge in [-0.25, -0.2) is 0 Å². The Hall–Kier alpha value is -1.24. The molecular weight excluding hydrogens is 158 g/mol. The highest BCUT2D eigenvalue weighted by molar-refractivity contribution is 5.79. The van der Waals surface area contributed by atoms with Crippen molar-refractivity contribution in [1.29, 1.82) is 0 Å². The molecule has 0 radical (unpaired) electrons. The summed E-state index contributed by atoms with van der Waals surface area (Å²) in [5.74, 6) is 0.704. The average molecular weight is 173 g/mol. The lowest BCUT2D eigenvalue weighted by molar-refractivity contribution is 0.535. The van der Waals surface area contributed by atoms with Gasteiger partial charge in [0.2, 0.25) is 0 Å². The van der Waals surface area contributed by atoms with Crippen LogP contribution in [0, 0.1) is 5.92 Å². The molecule has 2 aromatic rings. The summed E-state index contributed by atoms with van der Waals surface area (Å²) in [5.41, 5.74) is 1.34. The van der Waals surface area contributed by atoms with Crippen molar-refractivity contribution < 1.29 is 0 Å². The van der Waals surface area contributed by atoms with Crippen LogP contribution in [0.25, 0.3) is 10.9 Å². The number of hydrogen-bond acceptors (Lipinski definition) is 0. The molecule has 0 aliphatic carbocycles. The molecule has 68 valence electrons. The van der Waals surface area contributed by atoms with Gasteiger partial charge >= 0.3 is 0 Å². The Morgan fingerprint density at radius 3 is 2.69 bits per heavy atom. The summed E-state index contributed by atoms with van der Waals surface area (Å²) >= 11 is 0. The third-order valence-corrected chi connectivity index (χ3v) is 2.24. The molecule has 0 spiro atoms. The van der Waals surface area contributed by atoms with E-state index in [2.05, 4.69) is 54.9 Å². The summed E-state index contributed by atoms with van der Waals surface area (Å²) in [5, 5.41) is 1.34. The van der Waals surface area contributed by atoms with E-state index in [0.29, 0.717) is 5.92 Å². The molecule has 0 aliphatic rings. The normalized spacial score (nSPS) is 11.3. The van der Waals surface area contributed by atoms with E-state index in [0.717, 1.165) is 6.54 Å². The van der Waals surface area contributed by atoms with Crippen LogP contribution >= 0.6 is 0 Å². The number of rotatable bonds is 2. The minimum atomic E-state index is 0.704. The summed E-state index contributed by atoms with van der Waals surface area (Å²) in [4.78, 5) is 0. The van der Waals surface area contributed by atoms with Gasteiger partial charge in [0.05, 0.1) is 0 Å². The van der Waals surface area contributed by atoms with Crippen molar-refractivity contribution in [3.8, 4) is 0 Å². The predicted octanol–water partition coefficient (Wildman–Crippen LogP) is 3.30. The lowest BCUT2D eigenvalue weighted by atomic mass is 10.2. The highest BCUT2D eigenvalue weighted by Crippen LogP contribution is 2.16. The smallest absolute Gasteiger partial charge is 0.0480 e. The molecular formula is C12H15N. The van der Waals surface area contributed by atoms with Gasteiger partial charge in [-0.1, -0.05) is 32.0 Å². The highest BCUT2D eigenvalue weighted by Gasteiger charge is 2.00. The van der Waals surface area contributed by atoms with Crippen molar-refractivity contribution >= 4 is 10.9 Å². The van der Waals surface area contributed by atoms with Crippen molar-refractivity contribution in [2.45, 2.75) is 20.4 Å².